The van der Waals surface area contributed by atoms with Crippen LogP contribution in [0.15, 0.2) is 53.4 Å². The molecule has 0 fully saturated rings. The number of benzene rings is 2. The summed E-state index contributed by atoms with van der Waals surface area (Å²) < 4.78 is 0. The highest BCUT2D eigenvalue weighted by Gasteiger charge is 2.21. The molecule has 1 nitrogen and oxygen atoms in total. The molecule has 2 N–H and O–H groups in total. The van der Waals surface area contributed by atoms with Gasteiger partial charge in [-0.05, 0) is 22.8 Å². The number of fused-ring (bicyclic) bond motifs is 2. The van der Waals surface area contributed by atoms with E-state index in [0.29, 0.717) is 12.5 Å². The summed E-state index contributed by atoms with van der Waals surface area (Å²) in [6, 6.07) is 17.3. The predicted molar refractivity (Wildman–Crippen MR) is 73.3 cm³/mol. The highest BCUT2D eigenvalue weighted by molar-refractivity contribution is 7.98. The van der Waals surface area contributed by atoms with E-state index in [-0.39, 0.29) is 12.4 Å². The fourth-order valence-electron chi connectivity index (χ4n) is 2.48. The zero-order valence-corrected chi connectivity index (χ0v) is 11.5. The van der Waals surface area contributed by atoms with Crippen molar-refractivity contribution in [3.8, 4) is 0 Å². The highest BCUT2D eigenvalue weighted by atomic mass is 35.5. The van der Waals surface area contributed by atoms with E-state index < -0.39 is 0 Å². The maximum atomic E-state index is 5.99. The second-order valence-electron chi connectivity index (χ2n) is 4.31. The molecule has 0 aliphatic carbocycles. The maximum Gasteiger partial charge on any atom is 0.0235 e. The van der Waals surface area contributed by atoms with Crippen LogP contribution in [0.2, 0.25) is 0 Å². The van der Waals surface area contributed by atoms with Crippen LogP contribution in [0.3, 0.4) is 0 Å². The zero-order chi connectivity index (χ0) is 11.7. The maximum absolute atomic E-state index is 5.99. The Bertz CT molecular complexity index is 494. The summed E-state index contributed by atoms with van der Waals surface area (Å²) in [5.74, 6) is 1.39. The Balaban J connectivity index is 0.00000120. The van der Waals surface area contributed by atoms with E-state index in [2.05, 4.69) is 48.5 Å². The third-order valence-corrected chi connectivity index (χ3v) is 4.48. The van der Waals surface area contributed by atoms with Crippen molar-refractivity contribution >= 4 is 11.8 Å². The van der Waals surface area contributed by atoms with Crippen molar-refractivity contribution in [1.82, 2.24) is 0 Å². The van der Waals surface area contributed by atoms with Gasteiger partial charge in [-0.2, -0.15) is 0 Å². The summed E-state index contributed by atoms with van der Waals surface area (Å²) >= 11 is 1.92. The smallest absolute Gasteiger partial charge is 0.0235 e. The first-order valence-electron chi connectivity index (χ1n) is 5.89. The van der Waals surface area contributed by atoms with Crippen LogP contribution in [-0.4, -0.2) is 6.54 Å². The molecule has 0 bridgehead atoms. The number of nitrogens with two attached hydrogens (primary N) is 1. The summed E-state index contributed by atoms with van der Waals surface area (Å²) in [5, 5.41) is 0. The number of thioether (sulfide) groups is 1. The van der Waals surface area contributed by atoms with Gasteiger partial charge in [-0.25, -0.2) is 0 Å². The second kappa shape index (κ2) is 5.79. The first-order chi connectivity index (χ1) is 8.40. The van der Waals surface area contributed by atoms with Crippen LogP contribution >= 0.6 is 11.8 Å². The average Bonchev–Trinajstić information content (AvgIpc) is 2.55. The Kier molecular flexibility index (Phi) is 4.33. The van der Waals surface area contributed by atoms with Gasteiger partial charge in [0.25, 0.3) is 0 Å². The molecule has 1 aliphatic rings. The molecule has 94 valence electrons. The molecule has 1 aliphatic heterocycles. The van der Waals surface area contributed by atoms with Crippen molar-refractivity contribution in [3.05, 3.63) is 65.2 Å². The van der Waals surface area contributed by atoms with Gasteiger partial charge in [0, 0.05) is 23.1 Å². The minimum atomic E-state index is 0. The lowest BCUT2D eigenvalue weighted by atomic mass is 9.89. The number of hydrogen-bond acceptors (Lipinski definition) is 2. The molecule has 0 amide bonds. The van der Waals surface area contributed by atoms with Gasteiger partial charge in [-0.3, -0.25) is 0 Å². The Labute approximate surface area is 118 Å². The van der Waals surface area contributed by atoms with E-state index in [4.69, 9.17) is 5.73 Å². The van der Waals surface area contributed by atoms with Crippen LogP contribution in [0.4, 0.5) is 0 Å². The Hall–Kier alpha value is -0.960. The molecule has 0 aromatic heterocycles. The van der Waals surface area contributed by atoms with Gasteiger partial charge in [-0.15, -0.1) is 11.8 Å². The van der Waals surface area contributed by atoms with Crippen LogP contribution in [0, 0.1) is 0 Å². The van der Waals surface area contributed by atoms with Crippen LogP contribution in [0.5, 0.6) is 0 Å². The molecule has 0 spiro atoms. The van der Waals surface area contributed by atoms with Gasteiger partial charge >= 0.3 is 0 Å². The molecule has 18 heavy (non-hydrogen) atoms. The monoisotopic (exact) mass is 276 g/mol. The summed E-state index contributed by atoms with van der Waals surface area (Å²) in [5.41, 5.74) is 10.2. The van der Waals surface area contributed by atoms with Crippen molar-refractivity contribution in [3.63, 3.8) is 0 Å². The molecule has 1 heterocycles. The molecule has 0 radical (unpaired) electrons. The number of rotatable bonds is 1. The average molecular weight is 277 g/mol. The minimum absolute atomic E-state index is 0. The Morgan fingerprint density at radius 2 is 1.67 bits per heavy atom. The Morgan fingerprint density at radius 3 is 2.44 bits per heavy atom. The molecule has 1 unspecified atom stereocenters. The molecule has 3 heteroatoms. The summed E-state index contributed by atoms with van der Waals surface area (Å²) in [7, 11) is 0. The summed E-state index contributed by atoms with van der Waals surface area (Å²) in [6.07, 6.45) is 0. The largest absolute Gasteiger partial charge is 1.00 e. The first-order valence-corrected chi connectivity index (χ1v) is 6.88. The topological polar surface area (TPSA) is 26.0 Å². The molecule has 2 aromatic carbocycles. The quantitative estimate of drug-likeness (QED) is 0.815. The van der Waals surface area contributed by atoms with Crippen LogP contribution in [-0.2, 0) is 5.75 Å². The lowest BCUT2D eigenvalue weighted by molar-refractivity contribution is -0.00000340. The van der Waals surface area contributed by atoms with E-state index in [1.165, 1.54) is 21.6 Å². The van der Waals surface area contributed by atoms with E-state index in [9.17, 15) is 0 Å². The molecule has 2 aromatic rings. The van der Waals surface area contributed by atoms with E-state index in [0.717, 1.165) is 5.75 Å². The van der Waals surface area contributed by atoms with Gasteiger partial charge in [0.1, 0.15) is 0 Å². The number of hydrogen-bond donors (Lipinski definition) is 1. The zero-order valence-electron chi connectivity index (χ0n) is 9.97. The molecular formula is C15H15ClNS-. The fraction of sp³-hybridized carbons (Fsp3) is 0.200. The van der Waals surface area contributed by atoms with Gasteiger partial charge < -0.3 is 18.1 Å². The SMILES string of the molecule is NCC1c2ccccc2CSc2ccccc21.[Cl-]. The van der Waals surface area contributed by atoms with Crippen LogP contribution in [0.25, 0.3) is 0 Å². The van der Waals surface area contributed by atoms with Gasteiger partial charge in [-0.1, -0.05) is 42.5 Å². The van der Waals surface area contributed by atoms with Gasteiger partial charge in [0.15, 0.2) is 0 Å². The molecule has 0 saturated carbocycles. The standard InChI is InChI=1S/C15H15NS.ClH/c16-9-14-12-6-2-1-5-11(12)10-17-15-8-4-3-7-13(14)15;/h1-8,14H,9-10,16H2;1H/p-1. The third kappa shape index (κ3) is 2.28. The fourth-order valence-corrected chi connectivity index (χ4v) is 3.61. The predicted octanol–water partition coefficient (Wildman–Crippen LogP) is 0.387. The van der Waals surface area contributed by atoms with Crippen molar-refractivity contribution in [1.29, 1.82) is 0 Å². The van der Waals surface area contributed by atoms with Crippen LogP contribution in [0.1, 0.15) is 22.6 Å². The normalized spacial score (nSPS) is 17.1. The van der Waals surface area contributed by atoms with Crippen LogP contribution < -0.4 is 18.1 Å². The first kappa shape index (κ1) is 13.5. The summed E-state index contributed by atoms with van der Waals surface area (Å²) in [6.45, 7) is 0.675. The van der Waals surface area contributed by atoms with Crippen molar-refractivity contribution in [2.24, 2.45) is 5.73 Å². The Morgan fingerprint density at radius 1 is 1.00 bits per heavy atom. The van der Waals surface area contributed by atoms with E-state index >= 15 is 0 Å². The highest BCUT2D eigenvalue weighted by Crippen LogP contribution is 2.39. The van der Waals surface area contributed by atoms with Gasteiger partial charge in [0.2, 0.25) is 0 Å². The summed E-state index contributed by atoms with van der Waals surface area (Å²) in [4.78, 5) is 1.37. The molecular weight excluding hydrogens is 262 g/mol. The second-order valence-corrected chi connectivity index (χ2v) is 5.33. The lowest BCUT2D eigenvalue weighted by Gasteiger charge is -2.17. The molecule has 0 saturated heterocycles. The molecule has 1 atom stereocenters. The van der Waals surface area contributed by atoms with Crippen molar-refractivity contribution in [2.75, 3.05) is 6.54 Å². The minimum Gasteiger partial charge on any atom is -1.00 e. The third-order valence-electron chi connectivity index (χ3n) is 3.34. The number of halogens is 1. The molecule has 3 rings (SSSR count). The lowest BCUT2D eigenvalue weighted by Crippen LogP contribution is -3.00. The van der Waals surface area contributed by atoms with Gasteiger partial charge in [0.05, 0.1) is 0 Å². The van der Waals surface area contributed by atoms with Crippen molar-refractivity contribution < 1.29 is 12.4 Å². The van der Waals surface area contributed by atoms with E-state index in [1.807, 2.05) is 11.8 Å². The van der Waals surface area contributed by atoms with E-state index in [1.54, 1.807) is 0 Å². The van der Waals surface area contributed by atoms with Crippen molar-refractivity contribution in [2.45, 2.75) is 16.6 Å².